The summed E-state index contributed by atoms with van der Waals surface area (Å²) in [6, 6.07) is 15.1. The van der Waals surface area contributed by atoms with Crippen LogP contribution in [0.1, 0.15) is 47.8 Å². The van der Waals surface area contributed by atoms with E-state index < -0.39 is 0 Å². The van der Waals surface area contributed by atoms with Crippen molar-refractivity contribution in [2.75, 3.05) is 11.5 Å². The van der Waals surface area contributed by atoms with Crippen molar-refractivity contribution in [3.63, 3.8) is 0 Å². The van der Waals surface area contributed by atoms with E-state index in [0.29, 0.717) is 23.2 Å². The molecule has 0 spiro atoms. The van der Waals surface area contributed by atoms with Gasteiger partial charge >= 0.3 is 0 Å². The number of nitrogens with two attached hydrogens (primary N) is 2. The van der Waals surface area contributed by atoms with Gasteiger partial charge in [-0.3, -0.25) is 0 Å². The van der Waals surface area contributed by atoms with Crippen LogP contribution in [0.25, 0.3) is 0 Å². The Morgan fingerprint density at radius 2 is 1.40 bits per heavy atom. The highest BCUT2D eigenvalue weighted by Gasteiger charge is 2.27. The van der Waals surface area contributed by atoms with E-state index in [2.05, 4.69) is 43.3 Å². The molecule has 104 valence electrons. The van der Waals surface area contributed by atoms with Crippen molar-refractivity contribution in [2.24, 2.45) is 0 Å². The van der Waals surface area contributed by atoms with Crippen molar-refractivity contribution in [3.05, 3.63) is 59.2 Å². The third-order valence-corrected chi connectivity index (χ3v) is 4.56. The molecular weight excluding hydrogens is 244 g/mol. The zero-order chi connectivity index (χ0) is 14.1. The van der Waals surface area contributed by atoms with E-state index in [4.69, 9.17) is 11.5 Å². The summed E-state index contributed by atoms with van der Waals surface area (Å²) in [7, 11) is 0. The minimum atomic E-state index is 0.615. The van der Waals surface area contributed by atoms with Gasteiger partial charge in [0.2, 0.25) is 0 Å². The van der Waals surface area contributed by atoms with Gasteiger partial charge < -0.3 is 11.5 Å². The van der Waals surface area contributed by atoms with Crippen LogP contribution in [0.2, 0.25) is 0 Å². The monoisotopic (exact) mass is 266 g/mol. The fraction of sp³-hybridized carbons (Fsp3) is 0.333. The van der Waals surface area contributed by atoms with Crippen LogP contribution in [-0.4, -0.2) is 0 Å². The molecule has 0 saturated heterocycles. The highest BCUT2D eigenvalue weighted by atomic mass is 14.7. The van der Waals surface area contributed by atoms with Gasteiger partial charge in [0.05, 0.1) is 11.4 Å². The molecule has 3 rings (SSSR count). The van der Waals surface area contributed by atoms with E-state index in [1.807, 2.05) is 6.07 Å². The molecule has 4 N–H and O–H groups in total. The Morgan fingerprint density at radius 1 is 0.800 bits per heavy atom. The maximum absolute atomic E-state index is 5.93. The molecule has 20 heavy (non-hydrogen) atoms. The van der Waals surface area contributed by atoms with Crippen molar-refractivity contribution in [2.45, 2.75) is 38.0 Å². The molecule has 2 heteroatoms. The molecule has 0 bridgehead atoms. The van der Waals surface area contributed by atoms with Crippen LogP contribution in [0, 0.1) is 6.92 Å². The van der Waals surface area contributed by atoms with Crippen LogP contribution in [0.15, 0.2) is 42.5 Å². The second-order valence-electron chi connectivity index (χ2n) is 6.01. The summed E-state index contributed by atoms with van der Waals surface area (Å²) in [4.78, 5) is 0. The van der Waals surface area contributed by atoms with Crippen molar-refractivity contribution < 1.29 is 0 Å². The first-order valence-electron chi connectivity index (χ1n) is 7.35. The summed E-state index contributed by atoms with van der Waals surface area (Å²) in [6.07, 6.45) is 3.71. The summed E-state index contributed by atoms with van der Waals surface area (Å²) in [5, 5.41) is 0. The molecule has 1 unspecified atom stereocenters. The first-order valence-corrected chi connectivity index (χ1v) is 7.35. The molecule has 0 radical (unpaired) electrons. The van der Waals surface area contributed by atoms with Gasteiger partial charge in [0.15, 0.2) is 0 Å². The predicted octanol–water partition coefficient (Wildman–Crippen LogP) is 4.21. The van der Waals surface area contributed by atoms with Crippen molar-refractivity contribution >= 4 is 11.4 Å². The van der Waals surface area contributed by atoms with Crippen LogP contribution in [-0.2, 0) is 0 Å². The fourth-order valence-electron chi connectivity index (χ4n) is 3.27. The maximum Gasteiger partial charge on any atom is 0.0550 e. The standard InChI is InChI=1S/C18H22N2/c1-12-2-4-13(5-3-12)14-6-7-15(10-14)16-8-9-17(19)18(20)11-16/h2-5,8-9,11,14-15H,6-7,10,19-20H2,1H3/t14-,15?/m1/s1. The topological polar surface area (TPSA) is 52.0 Å². The number of rotatable bonds is 2. The van der Waals surface area contributed by atoms with Crippen molar-refractivity contribution in [1.82, 2.24) is 0 Å². The number of anilines is 2. The van der Waals surface area contributed by atoms with Gasteiger partial charge in [0.25, 0.3) is 0 Å². The summed E-state index contributed by atoms with van der Waals surface area (Å²) in [6.45, 7) is 2.14. The molecule has 2 aromatic carbocycles. The largest absolute Gasteiger partial charge is 0.397 e. The lowest BCUT2D eigenvalue weighted by atomic mass is 9.92. The van der Waals surface area contributed by atoms with E-state index in [-0.39, 0.29) is 0 Å². The number of aryl methyl sites for hydroxylation is 1. The molecule has 2 atom stereocenters. The van der Waals surface area contributed by atoms with E-state index >= 15 is 0 Å². The van der Waals surface area contributed by atoms with Crippen molar-refractivity contribution in [1.29, 1.82) is 0 Å². The Hall–Kier alpha value is -1.96. The lowest BCUT2D eigenvalue weighted by Crippen LogP contribution is -1.99. The van der Waals surface area contributed by atoms with Crippen LogP contribution < -0.4 is 11.5 Å². The zero-order valence-corrected chi connectivity index (χ0v) is 12.0. The van der Waals surface area contributed by atoms with Gasteiger partial charge in [0.1, 0.15) is 0 Å². The summed E-state index contributed by atoms with van der Waals surface area (Å²) >= 11 is 0. The van der Waals surface area contributed by atoms with Gasteiger partial charge in [-0.15, -0.1) is 0 Å². The highest BCUT2D eigenvalue weighted by Crippen LogP contribution is 2.44. The third kappa shape index (κ3) is 2.51. The summed E-state index contributed by atoms with van der Waals surface area (Å²) in [5.74, 6) is 1.29. The Bertz CT molecular complexity index is 601. The van der Waals surface area contributed by atoms with Gasteiger partial charge in [-0.05, 0) is 61.3 Å². The van der Waals surface area contributed by atoms with Crippen LogP contribution >= 0.6 is 0 Å². The molecule has 2 aromatic rings. The number of benzene rings is 2. The normalized spacial score (nSPS) is 22.1. The van der Waals surface area contributed by atoms with E-state index in [9.17, 15) is 0 Å². The fourth-order valence-corrected chi connectivity index (χ4v) is 3.27. The molecule has 1 fully saturated rings. The highest BCUT2D eigenvalue weighted by molar-refractivity contribution is 5.64. The molecule has 1 saturated carbocycles. The zero-order valence-electron chi connectivity index (χ0n) is 12.0. The molecule has 0 amide bonds. The van der Waals surface area contributed by atoms with E-state index in [1.54, 1.807) is 0 Å². The maximum atomic E-state index is 5.93. The first-order chi connectivity index (χ1) is 9.63. The quantitative estimate of drug-likeness (QED) is 0.800. The molecular formula is C18H22N2. The molecule has 1 aliphatic rings. The Balaban J connectivity index is 1.76. The Labute approximate surface area is 120 Å². The van der Waals surface area contributed by atoms with Gasteiger partial charge in [-0.25, -0.2) is 0 Å². The molecule has 0 heterocycles. The molecule has 0 aromatic heterocycles. The van der Waals surface area contributed by atoms with E-state index in [0.717, 1.165) is 0 Å². The first kappa shape index (κ1) is 13.0. The average molecular weight is 266 g/mol. The SMILES string of the molecule is Cc1ccc([C@@H]2CCC(c3ccc(N)c(N)c3)C2)cc1. The van der Waals surface area contributed by atoms with Crippen LogP contribution in [0.5, 0.6) is 0 Å². The second-order valence-corrected chi connectivity index (χ2v) is 6.01. The smallest absolute Gasteiger partial charge is 0.0550 e. The summed E-state index contributed by atoms with van der Waals surface area (Å²) < 4.78 is 0. The minimum Gasteiger partial charge on any atom is -0.397 e. The number of hydrogen-bond donors (Lipinski definition) is 2. The minimum absolute atomic E-state index is 0.615. The molecule has 0 aliphatic heterocycles. The number of hydrogen-bond acceptors (Lipinski definition) is 2. The predicted molar refractivity (Wildman–Crippen MR) is 85.8 cm³/mol. The van der Waals surface area contributed by atoms with Crippen molar-refractivity contribution in [3.8, 4) is 0 Å². The molecule has 2 nitrogen and oxygen atoms in total. The second kappa shape index (κ2) is 5.20. The van der Waals surface area contributed by atoms with Gasteiger partial charge in [-0.1, -0.05) is 35.9 Å². The van der Waals surface area contributed by atoms with Crippen LogP contribution in [0.4, 0.5) is 11.4 Å². The Kier molecular flexibility index (Phi) is 3.39. The van der Waals surface area contributed by atoms with Gasteiger partial charge in [-0.2, -0.15) is 0 Å². The lowest BCUT2D eigenvalue weighted by molar-refractivity contribution is 0.686. The average Bonchev–Trinajstić information content (AvgIpc) is 2.92. The number of nitrogen functional groups attached to an aromatic ring is 2. The molecule has 1 aliphatic carbocycles. The van der Waals surface area contributed by atoms with E-state index in [1.165, 1.54) is 36.0 Å². The van der Waals surface area contributed by atoms with Gasteiger partial charge in [0, 0.05) is 0 Å². The Morgan fingerprint density at radius 3 is 2.05 bits per heavy atom. The third-order valence-electron chi connectivity index (χ3n) is 4.56. The van der Waals surface area contributed by atoms with Crippen LogP contribution in [0.3, 0.4) is 0 Å². The summed E-state index contributed by atoms with van der Waals surface area (Å²) in [5.41, 5.74) is 17.3. The lowest BCUT2D eigenvalue weighted by Gasteiger charge is -2.13.